The van der Waals surface area contributed by atoms with Gasteiger partial charge in [0.05, 0.1) is 11.5 Å². The fourth-order valence-electron chi connectivity index (χ4n) is 4.68. The number of amides is 1. The predicted octanol–water partition coefficient (Wildman–Crippen LogP) is 4.47. The van der Waals surface area contributed by atoms with Crippen LogP contribution in [0.2, 0.25) is 0 Å². The van der Waals surface area contributed by atoms with Gasteiger partial charge in [-0.15, -0.1) is 11.3 Å². The second kappa shape index (κ2) is 7.72. The van der Waals surface area contributed by atoms with Crippen LogP contribution in [-0.4, -0.2) is 36.0 Å². The number of benzene rings is 1. The Morgan fingerprint density at radius 3 is 2.64 bits per heavy atom. The Labute approximate surface area is 171 Å². The molecule has 148 valence electrons. The highest BCUT2D eigenvalue weighted by Crippen LogP contribution is 2.43. The fraction of sp³-hybridized carbons (Fsp3) is 0.435. The van der Waals surface area contributed by atoms with Crippen LogP contribution in [0.15, 0.2) is 48.0 Å². The van der Waals surface area contributed by atoms with Gasteiger partial charge in [0, 0.05) is 35.6 Å². The molecule has 1 N–H and O–H groups in total. The lowest BCUT2D eigenvalue weighted by molar-refractivity contribution is -0.126. The molecule has 1 aromatic carbocycles. The third-order valence-corrected chi connectivity index (χ3v) is 7.32. The number of carbonyl (C=O) groups is 1. The van der Waals surface area contributed by atoms with E-state index < -0.39 is 0 Å². The number of carbonyl (C=O) groups excluding carboxylic acids is 1. The van der Waals surface area contributed by atoms with Gasteiger partial charge in [0.1, 0.15) is 0 Å². The highest BCUT2D eigenvalue weighted by atomic mass is 32.1. The third-order valence-electron chi connectivity index (χ3n) is 6.25. The summed E-state index contributed by atoms with van der Waals surface area (Å²) in [4.78, 5) is 16.8. The molecule has 0 spiro atoms. The van der Waals surface area contributed by atoms with E-state index in [1.165, 1.54) is 21.3 Å². The van der Waals surface area contributed by atoms with Crippen molar-refractivity contribution in [2.75, 3.05) is 20.6 Å². The van der Waals surface area contributed by atoms with Crippen LogP contribution in [0.25, 0.3) is 10.9 Å². The van der Waals surface area contributed by atoms with Gasteiger partial charge in [0.15, 0.2) is 0 Å². The van der Waals surface area contributed by atoms with Crippen molar-refractivity contribution < 1.29 is 4.79 Å². The highest BCUT2D eigenvalue weighted by Gasteiger charge is 2.43. The number of hydrogen-bond donors (Lipinski definition) is 1. The van der Waals surface area contributed by atoms with Crippen LogP contribution in [0.3, 0.4) is 0 Å². The number of hydrogen-bond acceptors (Lipinski definition) is 3. The summed E-state index contributed by atoms with van der Waals surface area (Å²) in [6.07, 6.45) is 6.38. The summed E-state index contributed by atoms with van der Waals surface area (Å²) in [5, 5.41) is 6.67. The van der Waals surface area contributed by atoms with Crippen molar-refractivity contribution >= 4 is 28.1 Å². The Bertz CT molecular complexity index is 952. The van der Waals surface area contributed by atoms with Gasteiger partial charge in [-0.05, 0) is 50.0 Å². The van der Waals surface area contributed by atoms with Crippen molar-refractivity contribution in [3.05, 3.63) is 58.4 Å². The molecule has 1 unspecified atom stereocenters. The van der Waals surface area contributed by atoms with Gasteiger partial charge in [-0.3, -0.25) is 4.79 Å². The van der Waals surface area contributed by atoms with E-state index in [2.05, 4.69) is 83.9 Å². The molecule has 0 bridgehead atoms. The summed E-state index contributed by atoms with van der Waals surface area (Å²) >= 11 is 1.71. The Hall–Kier alpha value is -2.11. The maximum Gasteiger partial charge on any atom is 0.231 e. The lowest BCUT2D eigenvalue weighted by atomic mass is 9.83. The van der Waals surface area contributed by atoms with Crippen molar-refractivity contribution in [1.82, 2.24) is 14.8 Å². The number of fused-ring (bicyclic) bond motifs is 1. The van der Waals surface area contributed by atoms with Gasteiger partial charge in [0.2, 0.25) is 5.91 Å². The largest absolute Gasteiger partial charge is 0.353 e. The maximum absolute atomic E-state index is 13.4. The Balaban J connectivity index is 1.58. The quantitative estimate of drug-likeness (QED) is 0.669. The molecule has 1 fully saturated rings. The van der Waals surface area contributed by atoms with E-state index in [0.717, 1.165) is 25.7 Å². The standard InChI is InChI=1S/C23H29N3OS/c1-25(2)20(18-16-26(3)19-10-5-4-9-17(18)19)15-24-22(27)23(12-6-7-13-23)21-11-8-14-28-21/h4-5,8-11,14,16,20H,6-7,12-13,15H2,1-3H3,(H,24,27). The molecule has 1 aliphatic rings. The molecule has 5 heteroatoms. The van der Waals surface area contributed by atoms with E-state index in [1.807, 2.05) is 0 Å². The van der Waals surface area contributed by atoms with Gasteiger partial charge in [-0.1, -0.05) is 37.1 Å². The Morgan fingerprint density at radius 1 is 1.21 bits per heavy atom. The number of thiophene rings is 1. The average Bonchev–Trinajstić information content (AvgIpc) is 3.43. The van der Waals surface area contributed by atoms with Crippen molar-refractivity contribution in [2.45, 2.75) is 37.1 Å². The molecule has 1 amide bonds. The van der Waals surface area contributed by atoms with E-state index in [9.17, 15) is 4.79 Å². The van der Waals surface area contributed by atoms with E-state index in [1.54, 1.807) is 11.3 Å². The molecular weight excluding hydrogens is 366 g/mol. The van der Waals surface area contributed by atoms with E-state index in [0.29, 0.717) is 6.54 Å². The molecule has 4 nitrogen and oxygen atoms in total. The van der Waals surface area contributed by atoms with E-state index in [4.69, 9.17) is 0 Å². The van der Waals surface area contributed by atoms with Crippen molar-refractivity contribution in [2.24, 2.45) is 7.05 Å². The number of aryl methyl sites for hydroxylation is 1. The minimum atomic E-state index is -0.330. The van der Waals surface area contributed by atoms with Gasteiger partial charge < -0.3 is 14.8 Å². The van der Waals surface area contributed by atoms with Crippen molar-refractivity contribution in [3.63, 3.8) is 0 Å². The van der Waals surface area contributed by atoms with Crippen LogP contribution in [0, 0.1) is 0 Å². The zero-order chi connectivity index (χ0) is 19.7. The third kappa shape index (κ3) is 3.27. The number of aromatic nitrogens is 1. The first-order valence-electron chi connectivity index (χ1n) is 10.1. The molecule has 1 aliphatic carbocycles. The smallest absolute Gasteiger partial charge is 0.231 e. The van der Waals surface area contributed by atoms with Gasteiger partial charge in [-0.25, -0.2) is 0 Å². The second-order valence-corrected chi connectivity index (χ2v) is 9.12. The first kappa shape index (κ1) is 19.2. The number of para-hydroxylation sites is 1. The topological polar surface area (TPSA) is 37.3 Å². The lowest BCUT2D eigenvalue weighted by Gasteiger charge is -2.30. The zero-order valence-corrected chi connectivity index (χ0v) is 17.8. The Kier molecular flexibility index (Phi) is 5.30. The first-order chi connectivity index (χ1) is 13.5. The Morgan fingerprint density at radius 2 is 1.96 bits per heavy atom. The lowest BCUT2D eigenvalue weighted by Crippen LogP contribution is -2.45. The fourth-order valence-corrected chi connectivity index (χ4v) is 5.67. The normalized spacial score (nSPS) is 17.3. The van der Waals surface area contributed by atoms with Crippen molar-refractivity contribution in [1.29, 1.82) is 0 Å². The van der Waals surface area contributed by atoms with Gasteiger partial charge >= 0.3 is 0 Å². The second-order valence-electron chi connectivity index (χ2n) is 8.17. The number of nitrogens with one attached hydrogen (secondary N) is 1. The number of nitrogens with zero attached hydrogens (tertiary/aromatic N) is 2. The van der Waals surface area contributed by atoms with E-state index >= 15 is 0 Å². The molecule has 0 aliphatic heterocycles. The van der Waals surface area contributed by atoms with Crippen LogP contribution < -0.4 is 5.32 Å². The minimum absolute atomic E-state index is 0.136. The van der Waals surface area contributed by atoms with Crippen LogP contribution in [0.5, 0.6) is 0 Å². The van der Waals surface area contributed by atoms with Crippen LogP contribution >= 0.6 is 11.3 Å². The monoisotopic (exact) mass is 395 g/mol. The van der Waals surface area contributed by atoms with Gasteiger partial charge in [-0.2, -0.15) is 0 Å². The molecule has 3 aromatic rings. The SMILES string of the molecule is CN(C)C(CNC(=O)C1(c2cccs2)CCCC1)c1cn(C)c2ccccc12. The molecule has 28 heavy (non-hydrogen) atoms. The van der Waals surface area contributed by atoms with Crippen LogP contribution in [-0.2, 0) is 17.3 Å². The molecule has 1 atom stereocenters. The molecular formula is C23H29N3OS. The molecule has 2 aromatic heterocycles. The maximum atomic E-state index is 13.4. The summed E-state index contributed by atoms with van der Waals surface area (Å²) in [6.45, 7) is 0.618. The van der Waals surface area contributed by atoms with Crippen molar-refractivity contribution in [3.8, 4) is 0 Å². The first-order valence-corrected chi connectivity index (χ1v) is 10.9. The molecule has 0 radical (unpaired) electrons. The van der Waals surface area contributed by atoms with Gasteiger partial charge in [0.25, 0.3) is 0 Å². The zero-order valence-electron chi connectivity index (χ0n) is 16.9. The molecule has 0 saturated heterocycles. The summed E-state index contributed by atoms with van der Waals surface area (Å²) in [6, 6.07) is 12.8. The average molecular weight is 396 g/mol. The molecule has 4 rings (SSSR count). The predicted molar refractivity (Wildman–Crippen MR) is 117 cm³/mol. The summed E-state index contributed by atoms with van der Waals surface area (Å²) in [7, 11) is 6.26. The minimum Gasteiger partial charge on any atom is -0.353 e. The number of rotatable bonds is 6. The molecule has 2 heterocycles. The van der Waals surface area contributed by atoms with Crippen LogP contribution in [0.4, 0.5) is 0 Å². The molecule has 1 saturated carbocycles. The summed E-state index contributed by atoms with van der Waals surface area (Å²) < 4.78 is 2.17. The van der Waals surface area contributed by atoms with E-state index in [-0.39, 0.29) is 17.4 Å². The highest BCUT2D eigenvalue weighted by molar-refractivity contribution is 7.10. The number of likely N-dealkylation sites (N-methyl/N-ethyl adjacent to an activating group) is 1. The summed E-state index contributed by atoms with van der Waals surface area (Å²) in [5.74, 6) is 0.194. The van der Waals surface area contributed by atoms with Crippen LogP contribution in [0.1, 0.15) is 42.2 Å². The summed E-state index contributed by atoms with van der Waals surface area (Å²) in [5.41, 5.74) is 2.16.